The van der Waals surface area contributed by atoms with E-state index in [0.717, 1.165) is 33.3 Å². The molecular weight excluding hydrogens is 496 g/mol. The van der Waals surface area contributed by atoms with Gasteiger partial charge < -0.3 is 16.0 Å². The van der Waals surface area contributed by atoms with E-state index >= 15 is 0 Å². The smallest absolute Gasteiger partial charge is 0.224 e. The molecule has 8 heteroatoms. The number of para-hydroxylation sites is 1. The fourth-order valence-corrected chi connectivity index (χ4v) is 4.51. The van der Waals surface area contributed by atoms with Crippen LogP contribution in [0.15, 0.2) is 79.8 Å². The molecule has 0 aliphatic rings. The highest BCUT2D eigenvalue weighted by molar-refractivity contribution is 6.30. The molecule has 0 unspecified atom stereocenters. The van der Waals surface area contributed by atoms with Crippen molar-refractivity contribution < 1.29 is 4.79 Å². The number of halogens is 1. The quantitative estimate of drug-likeness (QED) is 0.214. The molecule has 0 radical (unpaired) electrons. The summed E-state index contributed by atoms with van der Waals surface area (Å²) in [5.74, 6) is 1.14. The number of hydrogen-bond donors (Lipinski definition) is 3. The number of rotatable bonds is 7. The molecule has 0 aliphatic carbocycles. The fraction of sp³-hybridized carbons (Fsp3) is 0.133. The van der Waals surface area contributed by atoms with Gasteiger partial charge in [-0.15, -0.1) is 0 Å². The Hall–Kier alpha value is -4.49. The van der Waals surface area contributed by atoms with Gasteiger partial charge in [0.15, 0.2) is 0 Å². The molecule has 1 amide bonds. The number of hydrogen-bond acceptors (Lipinski definition) is 5. The maximum absolute atomic E-state index is 12.2. The molecule has 0 saturated heterocycles. The zero-order valence-corrected chi connectivity index (χ0v) is 21.9. The van der Waals surface area contributed by atoms with E-state index < -0.39 is 0 Å². The molecule has 0 spiro atoms. The van der Waals surface area contributed by atoms with Crippen LogP contribution in [0.25, 0.3) is 38.9 Å². The molecule has 0 aliphatic heterocycles. The average Bonchev–Trinajstić information content (AvgIpc) is 3.33. The number of fused-ring (bicyclic) bond motifs is 1. The molecule has 7 nitrogen and oxygen atoms in total. The summed E-state index contributed by atoms with van der Waals surface area (Å²) in [7, 11) is 0. The lowest BCUT2D eigenvalue weighted by Gasteiger charge is -2.11. The fourth-order valence-electron chi connectivity index (χ4n) is 4.32. The first kappa shape index (κ1) is 25.2. The molecule has 3 aromatic heterocycles. The Kier molecular flexibility index (Phi) is 6.94. The predicted molar refractivity (Wildman–Crippen MR) is 155 cm³/mol. The highest BCUT2D eigenvalue weighted by Crippen LogP contribution is 2.33. The molecule has 190 valence electrons. The largest absolute Gasteiger partial charge is 0.383 e. The highest BCUT2D eigenvalue weighted by atomic mass is 35.5. The number of nitrogens with two attached hydrogens (primary N) is 1. The number of anilines is 2. The summed E-state index contributed by atoms with van der Waals surface area (Å²) in [6.07, 6.45) is 5.46. The Morgan fingerprint density at radius 3 is 2.63 bits per heavy atom. The maximum Gasteiger partial charge on any atom is 0.224 e. The van der Waals surface area contributed by atoms with Gasteiger partial charge in [0.05, 0.1) is 22.9 Å². The maximum atomic E-state index is 12.2. The number of aromatic amines is 1. The molecule has 2 aromatic carbocycles. The molecule has 4 N–H and O–H groups in total. The van der Waals surface area contributed by atoms with Crippen LogP contribution in [0.3, 0.4) is 0 Å². The average molecular weight is 523 g/mol. The van der Waals surface area contributed by atoms with Crippen LogP contribution in [0.1, 0.15) is 31.7 Å². The molecule has 0 bridgehead atoms. The van der Waals surface area contributed by atoms with Crippen LogP contribution >= 0.6 is 11.6 Å². The van der Waals surface area contributed by atoms with Crippen molar-refractivity contribution in [3.63, 3.8) is 0 Å². The molecule has 3 heterocycles. The van der Waals surface area contributed by atoms with Gasteiger partial charge in [-0.05, 0) is 41.8 Å². The van der Waals surface area contributed by atoms with Crippen molar-refractivity contribution in [1.82, 2.24) is 19.9 Å². The third-order valence-corrected chi connectivity index (χ3v) is 6.36. The van der Waals surface area contributed by atoms with Crippen molar-refractivity contribution in [3.05, 3.63) is 96.2 Å². The monoisotopic (exact) mass is 522 g/mol. The highest BCUT2D eigenvalue weighted by Gasteiger charge is 2.16. The summed E-state index contributed by atoms with van der Waals surface area (Å²) < 4.78 is 0. The van der Waals surface area contributed by atoms with Crippen molar-refractivity contribution in [1.29, 1.82) is 0 Å². The first-order valence-electron chi connectivity index (χ1n) is 12.2. The van der Waals surface area contributed by atoms with Gasteiger partial charge in [-0.3, -0.25) is 9.78 Å². The number of H-pyrrole nitrogens is 1. The van der Waals surface area contributed by atoms with E-state index in [2.05, 4.69) is 26.8 Å². The number of nitrogens with one attached hydrogen (secondary N) is 2. The van der Waals surface area contributed by atoms with Crippen LogP contribution in [0, 0.1) is 5.92 Å². The second-order valence-electron chi connectivity index (χ2n) is 9.54. The summed E-state index contributed by atoms with van der Waals surface area (Å²) in [6.45, 7) is 8.29. The summed E-state index contributed by atoms with van der Waals surface area (Å²) in [5.41, 5.74) is 13.4. The Morgan fingerprint density at radius 2 is 1.84 bits per heavy atom. The Balaban J connectivity index is 1.48. The van der Waals surface area contributed by atoms with Gasteiger partial charge in [0.1, 0.15) is 11.6 Å². The number of imidazole rings is 1. The predicted octanol–water partition coefficient (Wildman–Crippen LogP) is 6.97. The first-order valence-corrected chi connectivity index (χ1v) is 12.6. The molecule has 5 rings (SSSR count). The lowest BCUT2D eigenvalue weighted by Crippen LogP contribution is -2.14. The lowest BCUT2D eigenvalue weighted by atomic mass is 10.0. The van der Waals surface area contributed by atoms with Gasteiger partial charge in [-0.2, -0.15) is 0 Å². The van der Waals surface area contributed by atoms with Crippen LogP contribution in [0.4, 0.5) is 11.5 Å². The number of nitrogens with zero attached hydrogens (tertiary/aromatic N) is 3. The molecule has 0 saturated carbocycles. The van der Waals surface area contributed by atoms with Crippen LogP contribution < -0.4 is 11.1 Å². The van der Waals surface area contributed by atoms with E-state index in [4.69, 9.17) is 22.3 Å². The molecular formula is C30H27ClN6O. The number of amides is 1. The number of pyridine rings is 2. The summed E-state index contributed by atoms with van der Waals surface area (Å²) in [6, 6.07) is 17.4. The topological polar surface area (TPSA) is 110 Å². The summed E-state index contributed by atoms with van der Waals surface area (Å²) in [4.78, 5) is 29.2. The molecule has 38 heavy (non-hydrogen) atoms. The van der Waals surface area contributed by atoms with Gasteiger partial charge in [0.2, 0.25) is 5.91 Å². The second-order valence-corrected chi connectivity index (χ2v) is 9.98. The molecule has 5 aromatic rings. The van der Waals surface area contributed by atoms with Crippen molar-refractivity contribution >= 4 is 45.6 Å². The SMILES string of the molecule is C=C(c1nc2c(-c3cccc(Cl)c3)cccc2[nH]1)c1cc(-c2cncc(NC(=O)CC(C)C)c2)cnc1N. The normalized spacial score (nSPS) is 11.2. The zero-order valence-electron chi connectivity index (χ0n) is 21.1. The third-order valence-electron chi connectivity index (χ3n) is 6.13. The van der Waals surface area contributed by atoms with Gasteiger partial charge in [-0.1, -0.05) is 56.3 Å². The summed E-state index contributed by atoms with van der Waals surface area (Å²) in [5, 5.41) is 3.57. The minimum Gasteiger partial charge on any atom is -0.383 e. The van der Waals surface area contributed by atoms with Gasteiger partial charge in [0, 0.05) is 51.7 Å². The molecule has 0 fully saturated rings. The van der Waals surface area contributed by atoms with E-state index in [-0.39, 0.29) is 11.8 Å². The second kappa shape index (κ2) is 10.5. The standard InChI is InChI=1S/C30H27ClN6O/c1-17(2)10-27(38)35-23-12-20(14-33-16-23)21-13-25(29(32)34-15-21)18(3)30-36-26-9-5-8-24(28(26)37-30)19-6-4-7-22(31)11-19/h4-9,11-17H,3,10H2,1-2H3,(H2,32,34)(H,35,38)(H,36,37). The zero-order chi connectivity index (χ0) is 26.8. The van der Waals surface area contributed by atoms with Crippen LogP contribution in [-0.2, 0) is 4.79 Å². The lowest BCUT2D eigenvalue weighted by molar-refractivity contribution is -0.116. The number of nitrogen functional groups attached to an aromatic ring is 1. The minimum atomic E-state index is -0.0505. The van der Waals surface area contributed by atoms with Gasteiger partial charge in [0.25, 0.3) is 0 Å². The van der Waals surface area contributed by atoms with E-state index in [1.165, 1.54) is 0 Å². The Bertz CT molecular complexity index is 1670. The van der Waals surface area contributed by atoms with E-state index in [9.17, 15) is 4.79 Å². The third kappa shape index (κ3) is 5.28. The Labute approximate surface area is 225 Å². The van der Waals surface area contributed by atoms with Crippen LogP contribution in [0.2, 0.25) is 5.02 Å². The van der Waals surface area contributed by atoms with E-state index in [0.29, 0.717) is 39.9 Å². The van der Waals surface area contributed by atoms with Crippen molar-refractivity contribution in [3.8, 4) is 22.3 Å². The van der Waals surface area contributed by atoms with E-state index in [1.807, 2.05) is 68.4 Å². The van der Waals surface area contributed by atoms with Crippen LogP contribution in [-0.4, -0.2) is 25.8 Å². The van der Waals surface area contributed by atoms with Crippen molar-refractivity contribution in [2.75, 3.05) is 11.1 Å². The Morgan fingerprint density at radius 1 is 1.05 bits per heavy atom. The number of aromatic nitrogens is 4. The number of carbonyl (C=O) groups excluding carboxylic acids is 1. The minimum absolute atomic E-state index is 0.0505. The molecule has 0 atom stereocenters. The number of carbonyl (C=O) groups is 1. The number of benzene rings is 2. The van der Waals surface area contributed by atoms with Gasteiger partial charge in [-0.25, -0.2) is 9.97 Å². The van der Waals surface area contributed by atoms with Crippen molar-refractivity contribution in [2.45, 2.75) is 20.3 Å². The van der Waals surface area contributed by atoms with Crippen LogP contribution in [0.5, 0.6) is 0 Å². The van der Waals surface area contributed by atoms with Crippen molar-refractivity contribution in [2.24, 2.45) is 5.92 Å². The summed E-state index contributed by atoms with van der Waals surface area (Å²) >= 11 is 6.23. The first-order chi connectivity index (χ1) is 18.3. The van der Waals surface area contributed by atoms with Gasteiger partial charge >= 0.3 is 0 Å². The van der Waals surface area contributed by atoms with E-state index in [1.54, 1.807) is 18.6 Å².